The Balaban J connectivity index is 0.000000295. The minimum atomic E-state index is -4.22. The van der Waals surface area contributed by atoms with Crippen molar-refractivity contribution in [2.45, 2.75) is 111 Å². The Kier molecular flexibility index (Phi) is 18.4. The Hall–Kier alpha value is -2.26. The van der Waals surface area contributed by atoms with Crippen molar-refractivity contribution in [3.05, 3.63) is 106 Å². The van der Waals surface area contributed by atoms with E-state index in [0.717, 1.165) is 48.4 Å². The Morgan fingerprint density at radius 1 is 0.513 bits per heavy atom. The van der Waals surface area contributed by atoms with Gasteiger partial charge in [-0.05, 0) is 86.4 Å². The van der Waals surface area contributed by atoms with Crippen LogP contribution >= 0.6 is 11.6 Å². The summed E-state index contributed by atoms with van der Waals surface area (Å²) in [4.78, 5) is 0. The fraction of sp³-hybridized carbons (Fsp3) is 0.486. The van der Waals surface area contributed by atoms with E-state index >= 15 is 0 Å². The normalized spacial score (nSPS) is 10.8. The van der Waals surface area contributed by atoms with Crippen LogP contribution in [0.4, 0.5) is 13.2 Å². The molecule has 0 aromatic heterocycles. The molecule has 3 aromatic carbocycles. The molecule has 0 saturated carbocycles. The topological polar surface area (TPSA) is 0 Å². The lowest BCUT2D eigenvalue weighted by atomic mass is 10.1. The summed E-state index contributed by atoms with van der Waals surface area (Å²) in [7, 11) is 0. The summed E-state index contributed by atoms with van der Waals surface area (Å²) in [6.45, 7) is 8.71. The van der Waals surface area contributed by atoms with Gasteiger partial charge in [0.05, 0.1) is 5.56 Å². The van der Waals surface area contributed by atoms with Gasteiger partial charge in [0.2, 0.25) is 0 Å². The number of rotatable bonds is 12. The van der Waals surface area contributed by atoms with E-state index in [1.165, 1.54) is 68.1 Å². The van der Waals surface area contributed by atoms with Crippen LogP contribution in [0.2, 0.25) is 5.02 Å². The highest BCUT2D eigenvalue weighted by Crippen LogP contribution is 2.29. The number of hydrogen-bond acceptors (Lipinski definition) is 0. The minimum absolute atomic E-state index is 0.568. The quantitative estimate of drug-likeness (QED) is 0.193. The van der Waals surface area contributed by atoms with Gasteiger partial charge in [-0.1, -0.05) is 125 Å². The Bertz CT molecular complexity index is 923. The van der Waals surface area contributed by atoms with E-state index in [1.54, 1.807) is 12.1 Å². The van der Waals surface area contributed by atoms with E-state index in [9.17, 15) is 13.2 Å². The van der Waals surface area contributed by atoms with E-state index < -0.39 is 11.7 Å². The summed E-state index contributed by atoms with van der Waals surface area (Å²) in [5.41, 5.74) is 4.65. The van der Waals surface area contributed by atoms with Crippen molar-refractivity contribution in [1.82, 2.24) is 0 Å². The molecule has 0 unspecified atom stereocenters. The second-order valence-corrected chi connectivity index (χ2v) is 10.6. The van der Waals surface area contributed by atoms with Gasteiger partial charge < -0.3 is 0 Å². The molecule has 39 heavy (non-hydrogen) atoms. The molecule has 0 spiro atoms. The monoisotopic (exact) mass is 560 g/mol. The molecule has 0 aliphatic heterocycles. The third kappa shape index (κ3) is 17.1. The van der Waals surface area contributed by atoms with Crippen LogP contribution in [0.15, 0.2) is 72.8 Å². The average molecular weight is 561 g/mol. The summed E-state index contributed by atoms with van der Waals surface area (Å²) >= 11 is 5.77. The third-order valence-electron chi connectivity index (χ3n) is 6.52. The Morgan fingerprint density at radius 3 is 1.18 bits per heavy atom. The zero-order valence-electron chi connectivity index (χ0n) is 24.4. The van der Waals surface area contributed by atoms with E-state index in [4.69, 9.17) is 11.6 Å². The smallest absolute Gasteiger partial charge is 0.166 e. The average Bonchev–Trinajstić information content (AvgIpc) is 2.92. The molecule has 4 heteroatoms. The first-order valence-electron chi connectivity index (χ1n) is 14.7. The predicted molar refractivity (Wildman–Crippen MR) is 164 cm³/mol. The first kappa shape index (κ1) is 34.8. The van der Waals surface area contributed by atoms with E-state index in [2.05, 4.69) is 64.1 Å². The van der Waals surface area contributed by atoms with Crippen LogP contribution < -0.4 is 0 Å². The van der Waals surface area contributed by atoms with Crippen LogP contribution in [-0.4, -0.2) is 0 Å². The molecule has 3 rings (SSSR count). The van der Waals surface area contributed by atoms with Crippen molar-refractivity contribution in [3.63, 3.8) is 0 Å². The van der Waals surface area contributed by atoms with Crippen LogP contribution in [0.3, 0.4) is 0 Å². The number of benzene rings is 3. The van der Waals surface area contributed by atoms with Crippen LogP contribution in [0.1, 0.15) is 106 Å². The molecular weight excluding hydrogens is 513 g/mol. The van der Waals surface area contributed by atoms with Crippen LogP contribution in [0.25, 0.3) is 0 Å². The van der Waals surface area contributed by atoms with Crippen molar-refractivity contribution in [2.75, 3.05) is 0 Å². The van der Waals surface area contributed by atoms with Crippen LogP contribution in [0.5, 0.6) is 0 Å². The molecule has 0 saturated heterocycles. The maximum absolute atomic E-state index is 12.2. The molecule has 0 heterocycles. The fourth-order valence-corrected chi connectivity index (χ4v) is 4.13. The van der Waals surface area contributed by atoms with Gasteiger partial charge in [-0.2, -0.15) is 13.2 Å². The molecule has 0 aliphatic rings. The van der Waals surface area contributed by atoms with E-state index in [0.29, 0.717) is 0 Å². The van der Waals surface area contributed by atoms with Crippen molar-refractivity contribution in [3.8, 4) is 0 Å². The first-order valence-corrected chi connectivity index (χ1v) is 15.0. The van der Waals surface area contributed by atoms with E-state index in [-0.39, 0.29) is 0 Å². The van der Waals surface area contributed by atoms with Crippen molar-refractivity contribution >= 4 is 11.6 Å². The highest BCUT2D eigenvalue weighted by molar-refractivity contribution is 6.30. The molecular formula is C35H48ClF3. The lowest BCUT2D eigenvalue weighted by Crippen LogP contribution is -2.04. The van der Waals surface area contributed by atoms with Gasteiger partial charge in [0.1, 0.15) is 0 Å². The van der Waals surface area contributed by atoms with Crippen molar-refractivity contribution < 1.29 is 13.2 Å². The summed E-state index contributed by atoms with van der Waals surface area (Å²) in [5, 5.41) is 0.828. The number of alkyl halides is 3. The molecule has 0 aliphatic carbocycles. The van der Waals surface area contributed by atoms with Crippen molar-refractivity contribution in [1.29, 1.82) is 0 Å². The van der Waals surface area contributed by atoms with Gasteiger partial charge in [-0.15, -0.1) is 0 Å². The Labute approximate surface area is 241 Å². The zero-order valence-corrected chi connectivity index (χ0v) is 25.2. The molecule has 0 amide bonds. The van der Waals surface area contributed by atoms with Crippen LogP contribution in [-0.2, 0) is 25.4 Å². The minimum Gasteiger partial charge on any atom is -0.166 e. The second kappa shape index (κ2) is 20.6. The molecule has 0 atom stereocenters. The first-order chi connectivity index (χ1) is 18.7. The fourth-order valence-electron chi connectivity index (χ4n) is 4.00. The van der Waals surface area contributed by atoms with Gasteiger partial charge >= 0.3 is 6.18 Å². The second-order valence-electron chi connectivity index (χ2n) is 10.2. The van der Waals surface area contributed by atoms with E-state index in [1.807, 2.05) is 12.1 Å². The summed E-state index contributed by atoms with van der Waals surface area (Å²) in [6, 6.07) is 22.5. The lowest BCUT2D eigenvalue weighted by Gasteiger charge is -2.07. The maximum atomic E-state index is 12.2. The number of unbranched alkanes of at least 4 members (excludes halogenated alkanes) is 6. The molecule has 216 valence electrons. The lowest BCUT2D eigenvalue weighted by molar-refractivity contribution is -0.137. The molecule has 0 radical (unpaired) electrons. The third-order valence-corrected chi connectivity index (χ3v) is 6.77. The molecule has 0 N–H and O–H groups in total. The molecule has 0 fully saturated rings. The van der Waals surface area contributed by atoms with Gasteiger partial charge in [0.15, 0.2) is 0 Å². The standard InChI is InChI=1S/C12H15F3.C12H18.C11H15Cl/c1-2-3-4-5-10-6-8-11(9-7-10)12(13,14)15;1-3-4-5-6-12-9-7-11(2)8-10-12;1-2-3-4-5-10-6-8-11(12)9-7-10/h6-9H,2-5H2,1H3;7-10H,3-6H2,1-2H3;6-9H,2-5H2,1H3. The predicted octanol–water partition coefficient (Wildman–Crippen LogP) is 12.2. The van der Waals surface area contributed by atoms with Gasteiger partial charge in [-0.3, -0.25) is 0 Å². The van der Waals surface area contributed by atoms with Crippen LogP contribution in [0, 0.1) is 6.92 Å². The molecule has 0 bridgehead atoms. The van der Waals surface area contributed by atoms with Gasteiger partial charge in [0.25, 0.3) is 0 Å². The van der Waals surface area contributed by atoms with Gasteiger partial charge in [-0.25, -0.2) is 0 Å². The molecule has 0 nitrogen and oxygen atoms in total. The van der Waals surface area contributed by atoms with Crippen molar-refractivity contribution in [2.24, 2.45) is 0 Å². The highest BCUT2D eigenvalue weighted by atomic mass is 35.5. The largest absolute Gasteiger partial charge is 0.416 e. The summed E-state index contributed by atoms with van der Waals surface area (Å²) < 4.78 is 36.7. The number of aryl methyl sites for hydroxylation is 4. The number of hydrogen-bond donors (Lipinski definition) is 0. The number of halogens is 4. The summed E-state index contributed by atoms with van der Waals surface area (Å²) in [6.07, 6.45) is 10.3. The molecule has 3 aromatic rings. The maximum Gasteiger partial charge on any atom is 0.416 e. The van der Waals surface area contributed by atoms with Gasteiger partial charge in [0, 0.05) is 5.02 Å². The summed E-state index contributed by atoms with van der Waals surface area (Å²) in [5.74, 6) is 0. The SMILES string of the molecule is CCCCCc1ccc(C(F)(F)F)cc1.CCCCCc1ccc(C)cc1.CCCCCc1ccc(Cl)cc1. The zero-order chi connectivity index (χ0) is 28.9. The highest BCUT2D eigenvalue weighted by Gasteiger charge is 2.29. The Morgan fingerprint density at radius 2 is 0.846 bits per heavy atom.